The van der Waals surface area contributed by atoms with Gasteiger partial charge in [0.2, 0.25) is 0 Å². The maximum absolute atomic E-state index is 13.2. The average Bonchev–Trinajstić information content (AvgIpc) is 3.26. The molecule has 1 N–H and O–H groups in total. The van der Waals surface area contributed by atoms with Crippen LogP contribution < -0.4 is 19.1 Å². The van der Waals surface area contributed by atoms with Crippen molar-refractivity contribution in [2.75, 3.05) is 30.9 Å². The van der Waals surface area contributed by atoms with Crippen molar-refractivity contribution in [2.24, 2.45) is 0 Å². The molecule has 2 aromatic carbocycles. The molecule has 0 aliphatic rings. The van der Waals surface area contributed by atoms with Gasteiger partial charge in [0.25, 0.3) is 15.9 Å². The molecule has 0 saturated heterocycles. The molecule has 0 saturated carbocycles. The van der Waals surface area contributed by atoms with Gasteiger partial charge in [0.15, 0.2) is 5.13 Å². The van der Waals surface area contributed by atoms with Gasteiger partial charge in [-0.15, -0.1) is 11.3 Å². The van der Waals surface area contributed by atoms with Crippen molar-refractivity contribution < 1.29 is 22.7 Å². The monoisotopic (exact) mass is 467 g/mol. The van der Waals surface area contributed by atoms with Gasteiger partial charge in [-0.1, -0.05) is 17.7 Å². The molecule has 0 unspecified atom stereocenters. The number of carbonyl (C=O) groups is 1. The van der Waals surface area contributed by atoms with E-state index in [9.17, 15) is 13.2 Å². The highest BCUT2D eigenvalue weighted by molar-refractivity contribution is 7.92. The maximum Gasteiger partial charge on any atom is 0.264 e. The summed E-state index contributed by atoms with van der Waals surface area (Å²) in [5, 5.41) is 4.99. The summed E-state index contributed by atoms with van der Waals surface area (Å²) >= 11 is 7.43. The number of carbonyl (C=O) groups excluding carboxylic acids is 1. The normalized spacial score (nSPS) is 11.1. The molecule has 1 aromatic heterocycles. The van der Waals surface area contributed by atoms with Crippen LogP contribution in [-0.4, -0.2) is 40.6 Å². The molecule has 3 rings (SSSR count). The van der Waals surface area contributed by atoms with Crippen molar-refractivity contribution in [1.82, 2.24) is 4.98 Å². The Morgan fingerprint density at radius 2 is 1.90 bits per heavy atom. The van der Waals surface area contributed by atoms with E-state index < -0.39 is 15.9 Å². The third kappa shape index (κ3) is 4.35. The van der Waals surface area contributed by atoms with Crippen molar-refractivity contribution in [3.63, 3.8) is 0 Å². The van der Waals surface area contributed by atoms with Crippen LogP contribution in [0.2, 0.25) is 5.02 Å². The van der Waals surface area contributed by atoms with Crippen LogP contribution in [0.5, 0.6) is 11.5 Å². The van der Waals surface area contributed by atoms with E-state index in [1.807, 2.05) is 0 Å². The molecule has 30 heavy (non-hydrogen) atoms. The largest absolute Gasteiger partial charge is 0.495 e. The average molecular weight is 468 g/mol. The first-order valence-corrected chi connectivity index (χ1v) is 11.2. The van der Waals surface area contributed by atoms with E-state index in [4.69, 9.17) is 21.1 Å². The predicted octanol–water partition coefficient (Wildman–Crippen LogP) is 3.89. The minimum absolute atomic E-state index is 0.0641. The van der Waals surface area contributed by atoms with Gasteiger partial charge in [0.1, 0.15) is 11.5 Å². The summed E-state index contributed by atoms with van der Waals surface area (Å²) in [6, 6.07) is 8.66. The van der Waals surface area contributed by atoms with Gasteiger partial charge >= 0.3 is 0 Å². The number of amides is 1. The lowest BCUT2D eigenvalue weighted by Gasteiger charge is -2.23. The SMILES string of the molecule is COc1cc(OC)c(N(C)S(=O)(=O)c2cccc(C(=O)Nc3nccs3)c2)cc1Cl. The van der Waals surface area contributed by atoms with Crippen LogP contribution in [0.1, 0.15) is 10.4 Å². The molecule has 11 heteroatoms. The quantitative estimate of drug-likeness (QED) is 0.566. The van der Waals surface area contributed by atoms with Crippen molar-refractivity contribution in [3.05, 3.63) is 58.6 Å². The van der Waals surface area contributed by atoms with Crippen LogP contribution in [0, 0.1) is 0 Å². The Hall–Kier alpha value is -2.82. The first-order chi connectivity index (χ1) is 14.3. The number of ether oxygens (including phenoxy) is 2. The van der Waals surface area contributed by atoms with Crippen molar-refractivity contribution in [2.45, 2.75) is 4.90 Å². The van der Waals surface area contributed by atoms with E-state index >= 15 is 0 Å². The molecule has 8 nitrogen and oxygen atoms in total. The lowest BCUT2D eigenvalue weighted by molar-refractivity contribution is 0.102. The van der Waals surface area contributed by atoms with Crippen LogP contribution in [0.15, 0.2) is 52.9 Å². The van der Waals surface area contributed by atoms with Crippen molar-refractivity contribution in [3.8, 4) is 11.5 Å². The van der Waals surface area contributed by atoms with Crippen molar-refractivity contribution in [1.29, 1.82) is 0 Å². The van der Waals surface area contributed by atoms with Gasteiger partial charge in [0.05, 0.1) is 29.8 Å². The number of methoxy groups -OCH3 is 2. The molecular weight excluding hydrogens is 450 g/mol. The highest BCUT2D eigenvalue weighted by Crippen LogP contribution is 2.39. The number of rotatable bonds is 7. The number of nitrogens with one attached hydrogen (secondary N) is 1. The molecule has 0 aliphatic carbocycles. The third-order valence-corrected chi connectivity index (χ3v) is 6.95. The molecule has 0 fully saturated rings. The highest BCUT2D eigenvalue weighted by Gasteiger charge is 2.26. The lowest BCUT2D eigenvalue weighted by Crippen LogP contribution is -2.27. The Bertz CT molecular complexity index is 1170. The minimum atomic E-state index is -4.02. The number of nitrogens with zero attached hydrogens (tertiary/aromatic N) is 2. The Morgan fingerprint density at radius 1 is 1.17 bits per heavy atom. The van der Waals surface area contributed by atoms with Crippen molar-refractivity contribution >= 4 is 49.7 Å². The number of sulfonamides is 1. The van der Waals surface area contributed by atoms with Gasteiger partial charge in [-0.05, 0) is 24.3 Å². The predicted molar refractivity (Wildman–Crippen MR) is 117 cm³/mol. The topological polar surface area (TPSA) is 97.8 Å². The van der Waals surface area contributed by atoms with E-state index in [0.29, 0.717) is 10.9 Å². The summed E-state index contributed by atoms with van der Waals surface area (Å²) in [6.07, 6.45) is 1.56. The van der Waals surface area contributed by atoms with E-state index in [1.54, 1.807) is 11.6 Å². The maximum atomic E-state index is 13.2. The summed E-state index contributed by atoms with van der Waals surface area (Å²) in [5.41, 5.74) is 0.403. The Balaban J connectivity index is 1.96. The summed E-state index contributed by atoms with van der Waals surface area (Å²) in [7, 11) is 0.216. The van der Waals surface area contributed by atoms with E-state index in [1.165, 1.54) is 69.0 Å². The third-order valence-electron chi connectivity index (χ3n) is 4.20. The first kappa shape index (κ1) is 21.9. The van der Waals surface area contributed by atoms with E-state index in [2.05, 4.69) is 10.3 Å². The molecule has 1 heterocycles. The fraction of sp³-hybridized carbons (Fsp3) is 0.158. The molecule has 0 aliphatic heterocycles. The molecule has 3 aromatic rings. The summed E-state index contributed by atoms with van der Waals surface area (Å²) in [6.45, 7) is 0. The van der Waals surface area contributed by atoms with E-state index in [0.717, 1.165) is 4.31 Å². The van der Waals surface area contributed by atoms with Gasteiger partial charge in [-0.2, -0.15) is 0 Å². The Morgan fingerprint density at radius 3 is 2.53 bits per heavy atom. The number of anilines is 2. The van der Waals surface area contributed by atoms with Gasteiger partial charge in [-0.25, -0.2) is 13.4 Å². The molecule has 0 atom stereocenters. The zero-order valence-corrected chi connectivity index (χ0v) is 18.6. The standard InChI is InChI=1S/C19H18ClN3O5S2/c1-23(15-10-14(20)16(27-2)11-17(15)28-3)30(25,26)13-6-4-5-12(9-13)18(24)22-19-21-7-8-29-19/h4-11H,1-3H3,(H,21,22,24). The molecule has 158 valence electrons. The Kier molecular flexibility index (Phi) is 6.49. The van der Waals surface area contributed by atoms with E-state index in [-0.39, 0.29) is 26.9 Å². The van der Waals surface area contributed by atoms with Crippen LogP contribution in [0.25, 0.3) is 0 Å². The van der Waals surface area contributed by atoms with Gasteiger partial charge in [0, 0.05) is 30.3 Å². The number of hydrogen-bond acceptors (Lipinski definition) is 7. The Labute approximate surface area is 183 Å². The molecule has 0 radical (unpaired) electrons. The second kappa shape index (κ2) is 8.90. The number of halogens is 1. The second-order valence-corrected chi connectivity index (χ2v) is 9.22. The second-order valence-electron chi connectivity index (χ2n) is 5.95. The summed E-state index contributed by atoms with van der Waals surface area (Å²) < 4.78 is 37.9. The summed E-state index contributed by atoms with van der Waals surface area (Å²) in [5.74, 6) is 0.152. The molecule has 0 spiro atoms. The lowest BCUT2D eigenvalue weighted by atomic mass is 10.2. The van der Waals surface area contributed by atoms with Crippen LogP contribution in [0.3, 0.4) is 0 Å². The van der Waals surface area contributed by atoms with Crippen LogP contribution in [0.4, 0.5) is 10.8 Å². The number of thiazole rings is 1. The highest BCUT2D eigenvalue weighted by atomic mass is 35.5. The van der Waals surface area contributed by atoms with Gasteiger partial charge in [-0.3, -0.25) is 14.4 Å². The fourth-order valence-corrected chi connectivity index (χ4v) is 4.63. The number of aromatic nitrogens is 1. The van der Waals surface area contributed by atoms with Gasteiger partial charge < -0.3 is 9.47 Å². The minimum Gasteiger partial charge on any atom is -0.495 e. The first-order valence-electron chi connectivity index (χ1n) is 8.49. The zero-order chi connectivity index (χ0) is 21.9. The number of benzene rings is 2. The fourth-order valence-electron chi connectivity index (χ4n) is 2.63. The molecule has 0 bridgehead atoms. The molecular formula is C19H18ClN3O5S2. The van der Waals surface area contributed by atoms with Crippen LogP contribution >= 0.6 is 22.9 Å². The molecule has 1 amide bonds. The number of hydrogen-bond donors (Lipinski definition) is 1. The van der Waals surface area contributed by atoms with Crippen LogP contribution in [-0.2, 0) is 10.0 Å². The smallest absolute Gasteiger partial charge is 0.264 e. The summed E-state index contributed by atoms with van der Waals surface area (Å²) in [4.78, 5) is 16.4. The zero-order valence-electron chi connectivity index (χ0n) is 16.2.